The van der Waals surface area contributed by atoms with E-state index in [4.69, 9.17) is 5.73 Å². The fraction of sp³-hybridized carbons (Fsp3) is 0.250. The maximum absolute atomic E-state index is 13.1. The molecule has 0 bridgehead atoms. The number of nitro benzene ring substituents is 1. The number of nitro groups is 1. The molecule has 2 N–H and O–H groups in total. The fourth-order valence-electron chi connectivity index (χ4n) is 1.17. The Balaban J connectivity index is 3.38. The number of halogens is 1. The Morgan fingerprint density at radius 2 is 2.23 bits per heavy atom. The minimum Gasteiger partial charge on any atom is -0.326 e. The van der Waals surface area contributed by atoms with Gasteiger partial charge in [0, 0.05) is 12.1 Å². The van der Waals surface area contributed by atoms with Gasteiger partial charge in [-0.05, 0) is 24.6 Å². The highest BCUT2D eigenvalue weighted by atomic mass is 19.1. The second kappa shape index (κ2) is 3.49. The lowest BCUT2D eigenvalue weighted by Crippen LogP contribution is -2.04. The molecule has 5 heteroatoms. The van der Waals surface area contributed by atoms with Crippen LogP contribution in [0.25, 0.3) is 0 Å². The lowest BCUT2D eigenvalue weighted by atomic mass is 10.1. The number of nitrogens with two attached hydrogens (primary N) is 1. The van der Waals surface area contributed by atoms with E-state index in [9.17, 15) is 14.5 Å². The maximum atomic E-state index is 13.1. The van der Waals surface area contributed by atoms with E-state index in [1.165, 1.54) is 6.07 Å². The standard InChI is InChI=1S/C8H9FN2O2/c1-5-2-6(4-10)8(11(12)13)7(9)3-5/h2-3H,4,10H2,1H3. The van der Waals surface area contributed by atoms with Crippen molar-refractivity contribution in [2.75, 3.05) is 0 Å². The molecule has 0 aliphatic heterocycles. The summed E-state index contributed by atoms with van der Waals surface area (Å²) >= 11 is 0. The molecule has 1 rings (SSSR count). The third kappa shape index (κ3) is 1.81. The van der Waals surface area contributed by atoms with Gasteiger partial charge in [0.05, 0.1) is 4.92 Å². The summed E-state index contributed by atoms with van der Waals surface area (Å²) in [5, 5.41) is 10.4. The quantitative estimate of drug-likeness (QED) is 0.559. The summed E-state index contributed by atoms with van der Waals surface area (Å²) in [6.45, 7) is 1.63. The molecule has 0 fully saturated rings. The Bertz CT molecular complexity index is 352. The zero-order valence-electron chi connectivity index (χ0n) is 7.08. The first kappa shape index (κ1) is 9.60. The summed E-state index contributed by atoms with van der Waals surface area (Å²) in [5.74, 6) is -0.828. The van der Waals surface area contributed by atoms with Gasteiger partial charge < -0.3 is 5.73 Å². The van der Waals surface area contributed by atoms with Crippen molar-refractivity contribution in [1.82, 2.24) is 0 Å². The SMILES string of the molecule is Cc1cc(F)c([N+](=O)[O-])c(CN)c1. The van der Waals surface area contributed by atoms with Crippen LogP contribution in [0.15, 0.2) is 12.1 Å². The van der Waals surface area contributed by atoms with Gasteiger partial charge in [-0.3, -0.25) is 10.1 Å². The summed E-state index contributed by atoms with van der Waals surface area (Å²) in [6, 6.07) is 2.64. The highest BCUT2D eigenvalue weighted by Gasteiger charge is 2.19. The minimum atomic E-state index is -0.828. The maximum Gasteiger partial charge on any atom is 0.309 e. The van der Waals surface area contributed by atoms with Gasteiger partial charge in [0.2, 0.25) is 5.82 Å². The van der Waals surface area contributed by atoms with Crippen LogP contribution in [0.5, 0.6) is 0 Å². The van der Waals surface area contributed by atoms with Gasteiger partial charge in [0.1, 0.15) is 0 Å². The van der Waals surface area contributed by atoms with Crippen LogP contribution in [0.3, 0.4) is 0 Å². The summed E-state index contributed by atoms with van der Waals surface area (Å²) in [5.41, 5.74) is 5.59. The first-order chi connectivity index (χ1) is 6.06. The first-order valence-electron chi connectivity index (χ1n) is 3.69. The number of nitrogens with zero attached hydrogens (tertiary/aromatic N) is 1. The molecule has 0 aliphatic rings. The smallest absolute Gasteiger partial charge is 0.309 e. The van der Waals surface area contributed by atoms with Crippen LogP contribution in [0.4, 0.5) is 10.1 Å². The van der Waals surface area contributed by atoms with Gasteiger partial charge in [-0.1, -0.05) is 0 Å². The van der Waals surface area contributed by atoms with E-state index in [0.29, 0.717) is 5.56 Å². The number of hydrogen-bond donors (Lipinski definition) is 1. The molecule has 0 saturated heterocycles. The van der Waals surface area contributed by atoms with Gasteiger partial charge in [-0.25, -0.2) is 0 Å². The van der Waals surface area contributed by atoms with Crippen molar-refractivity contribution in [3.05, 3.63) is 39.2 Å². The van der Waals surface area contributed by atoms with Gasteiger partial charge in [-0.15, -0.1) is 0 Å². The number of hydrogen-bond acceptors (Lipinski definition) is 3. The topological polar surface area (TPSA) is 69.2 Å². The lowest BCUT2D eigenvalue weighted by Gasteiger charge is -2.02. The summed E-state index contributed by atoms with van der Waals surface area (Å²) in [7, 11) is 0. The Hall–Kier alpha value is -1.49. The molecular formula is C8H9FN2O2. The van der Waals surface area contributed by atoms with Crippen LogP contribution in [-0.2, 0) is 6.54 Å². The lowest BCUT2D eigenvalue weighted by molar-refractivity contribution is -0.388. The van der Waals surface area contributed by atoms with Gasteiger partial charge in [-0.2, -0.15) is 4.39 Å². The Labute approximate surface area is 74.3 Å². The van der Waals surface area contributed by atoms with Crippen molar-refractivity contribution < 1.29 is 9.31 Å². The molecule has 1 aromatic rings. The van der Waals surface area contributed by atoms with Crippen molar-refractivity contribution in [1.29, 1.82) is 0 Å². The van der Waals surface area contributed by atoms with E-state index in [2.05, 4.69) is 0 Å². The zero-order chi connectivity index (χ0) is 10.0. The predicted molar refractivity (Wildman–Crippen MR) is 45.7 cm³/mol. The summed E-state index contributed by atoms with van der Waals surface area (Å²) < 4.78 is 13.1. The molecule has 0 amide bonds. The van der Waals surface area contributed by atoms with E-state index < -0.39 is 16.4 Å². The molecule has 70 valence electrons. The van der Waals surface area contributed by atoms with E-state index in [1.807, 2.05) is 0 Å². The van der Waals surface area contributed by atoms with Crippen LogP contribution >= 0.6 is 0 Å². The highest BCUT2D eigenvalue weighted by Crippen LogP contribution is 2.23. The van der Waals surface area contributed by atoms with Crippen LogP contribution in [0.1, 0.15) is 11.1 Å². The average Bonchev–Trinajstić information content (AvgIpc) is 2.01. The Kier molecular flexibility index (Phi) is 2.57. The number of rotatable bonds is 2. The summed E-state index contributed by atoms with van der Waals surface area (Å²) in [4.78, 5) is 9.67. The van der Waals surface area contributed by atoms with E-state index in [0.717, 1.165) is 6.07 Å². The molecule has 0 aromatic heterocycles. The van der Waals surface area contributed by atoms with Gasteiger partial charge in [0.25, 0.3) is 0 Å². The molecule has 0 unspecified atom stereocenters. The third-order valence-corrected chi connectivity index (χ3v) is 1.69. The van der Waals surface area contributed by atoms with Crippen LogP contribution in [0.2, 0.25) is 0 Å². The molecule has 1 aromatic carbocycles. The molecule has 0 radical (unpaired) electrons. The fourth-order valence-corrected chi connectivity index (χ4v) is 1.17. The zero-order valence-corrected chi connectivity index (χ0v) is 7.08. The van der Waals surface area contributed by atoms with Crippen LogP contribution < -0.4 is 5.73 Å². The molecule has 0 saturated carbocycles. The van der Waals surface area contributed by atoms with E-state index in [-0.39, 0.29) is 12.1 Å². The Morgan fingerprint density at radius 1 is 1.62 bits per heavy atom. The van der Waals surface area contributed by atoms with Crippen molar-refractivity contribution in [2.24, 2.45) is 5.73 Å². The molecule has 0 aliphatic carbocycles. The molecule has 0 atom stereocenters. The third-order valence-electron chi connectivity index (χ3n) is 1.69. The first-order valence-corrected chi connectivity index (χ1v) is 3.69. The summed E-state index contributed by atoms with van der Waals surface area (Å²) in [6.07, 6.45) is 0. The van der Waals surface area contributed by atoms with Crippen molar-refractivity contribution in [3.8, 4) is 0 Å². The molecule has 4 nitrogen and oxygen atoms in total. The number of aryl methyl sites for hydroxylation is 1. The molecule has 0 heterocycles. The monoisotopic (exact) mass is 184 g/mol. The molecule has 13 heavy (non-hydrogen) atoms. The molecule has 0 spiro atoms. The number of benzene rings is 1. The normalized spacial score (nSPS) is 10.1. The van der Waals surface area contributed by atoms with Crippen LogP contribution in [0, 0.1) is 22.9 Å². The minimum absolute atomic E-state index is 0.0328. The predicted octanol–water partition coefficient (Wildman–Crippen LogP) is 1.50. The Morgan fingerprint density at radius 3 is 2.69 bits per heavy atom. The van der Waals surface area contributed by atoms with Gasteiger partial charge >= 0.3 is 5.69 Å². The van der Waals surface area contributed by atoms with Crippen molar-refractivity contribution >= 4 is 5.69 Å². The average molecular weight is 184 g/mol. The van der Waals surface area contributed by atoms with Crippen molar-refractivity contribution in [3.63, 3.8) is 0 Å². The van der Waals surface area contributed by atoms with E-state index in [1.54, 1.807) is 6.92 Å². The highest BCUT2D eigenvalue weighted by molar-refractivity contribution is 5.43. The van der Waals surface area contributed by atoms with E-state index >= 15 is 0 Å². The molecular weight excluding hydrogens is 175 g/mol. The largest absolute Gasteiger partial charge is 0.326 e. The second-order valence-corrected chi connectivity index (χ2v) is 2.72. The van der Waals surface area contributed by atoms with Crippen molar-refractivity contribution in [2.45, 2.75) is 13.5 Å². The van der Waals surface area contributed by atoms with Crippen LogP contribution in [-0.4, -0.2) is 4.92 Å². The second-order valence-electron chi connectivity index (χ2n) is 2.72. The van der Waals surface area contributed by atoms with Gasteiger partial charge in [0.15, 0.2) is 0 Å².